The number of aliphatic hydroxyl groups excluding tert-OH is 1. The molecule has 0 amide bonds. The molecule has 0 aliphatic heterocycles. The number of nitrogens with two attached hydrogens (primary N) is 1. The summed E-state index contributed by atoms with van der Waals surface area (Å²) in [5.74, 6) is 1.08. The Bertz CT molecular complexity index is 799. The second-order valence-electron chi connectivity index (χ2n) is 5.13. The van der Waals surface area contributed by atoms with Crippen molar-refractivity contribution in [1.82, 2.24) is 19.9 Å². The van der Waals surface area contributed by atoms with Crippen molar-refractivity contribution in [2.45, 2.75) is 19.2 Å². The predicted molar refractivity (Wildman–Crippen MR) is 87.0 cm³/mol. The smallest absolute Gasteiger partial charge is 0.226 e. The molecular weight excluding hydrogens is 296 g/mol. The lowest BCUT2D eigenvalue weighted by molar-refractivity contribution is 0.173. The van der Waals surface area contributed by atoms with Crippen LogP contribution < -0.4 is 15.8 Å². The van der Waals surface area contributed by atoms with Gasteiger partial charge in [0, 0.05) is 5.56 Å². The Morgan fingerprint density at radius 3 is 2.65 bits per heavy atom. The molecule has 2 atom stereocenters. The summed E-state index contributed by atoms with van der Waals surface area (Å²) in [6.45, 7) is 1.59. The number of fused-ring (bicyclic) bond motifs is 1. The molecule has 0 saturated heterocycles. The first-order valence-electron chi connectivity index (χ1n) is 7.14. The molecule has 0 radical (unpaired) electrons. The lowest BCUT2D eigenvalue weighted by atomic mass is 10.1. The van der Waals surface area contributed by atoms with Gasteiger partial charge < -0.3 is 25.9 Å². The van der Waals surface area contributed by atoms with Crippen molar-refractivity contribution >= 4 is 17.1 Å². The first-order chi connectivity index (χ1) is 11.1. The number of aromatic amines is 1. The number of hydrogen-bond acceptors (Lipinski definition) is 7. The molecule has 8 nitrogen and oxygen atoms in total. The molecule has 0 aliphatic rings. The van der Waals surface area contributed by atoms with Crippen LogP contribution in [-0.4, -0.2) is 44.4 Å². The number of benzene rings is 1. The molecule has 0 bridgehead atoms. The molecule has 3 aromatic rings. The van der Waals surface area contributed by atoms with E-state index in [0.29, 0.717) is 22.8 Å². The summed E-state index contributed by atoms with van der Waals surface area (Å²) >= 11 is 0. The van der Waals surface area contributed by atoms with Crippen LogP contribution in [0.3, 0.4) is 0 Å². The van der Waals surface area contributed by atoms with E-state index in [0.717, 1.165) is 11.3 Å². The summed E-state index contributed by atoms with van der Waals surface area (Å²) < 4.78 is 5.17. The maximum atomic E-state index is 9.52. The SMILES string of the molecule is COc1ccc(-c2nc(NC(N)C(C)O)nc3[nH]cnc23)cc1. The zero-order chi connectivity index (χ0) is 16.4. The molecule has 2 heterocycles. The van der Waals surface area contributed by atoms with E-state index in [1.54, 1.807) is 20.4 Å². The van der Waals surface area contributed by atoms with E-state index in [2.05, 4.69) is 25.3 Å². The van der Waals surface area contributed by atoms with Crippen molar-refractivity contribution in [3.8, 4) is 17.0 Å². The van der Waals surface area contributed by atoms with Gasteiger partial charge in [-0.25, -0.2) is 9.97 Å². The normalized spacial score (nSPS) is 13.7. The van der Waals surface area contributed by atoms with Gasteiger partial charge in [0.2, 0.25) is 5.95 Å². The predicted octanol–water partition coefficient (Wildman–Crippen LogP) is 1.11. The van der Waals surface area contributed by atoms with Gasteiger partial charge >= 0.3 is 0 Å². The molecule has 0 saturated carbocycles. The lowest BCUT2D eigenvalue weighted by Crippen LogP contribution is -2.40. The van der Waals surface area contributed by atoms with Crippen molar-refractivity contribution in [2.24, 2.45) is 5.73 Å². The molecule has 2 aromatic heterocycles. The Hall–Kier alpha value is -2.71. The van der Waals surface area contributed by atoms with Gasteiger partial charge in [-0.15, -0.1) is 0 Å². The molecule has 0 aliphatic carbocycles. The van der Waals surface area contributed by atoms with Crippen molar-refractivity contribution in [3.05, 3.63) is 30.6 Å². The number of ether oxygens (including phenoxy) is 1. The van der Waals surface area contributed by atoms with Gasteiger partial charge in [-0.3, -0.25) is 0 Å². The van der Waals surface area contributed by atoms with Gasteiger partial charge in [-0.05, 0) is 31.2 Å². The van der Waals surface area contributed by atoms with Gasteiger partial charge in [-0.1, -0.05) is 0 Å². The Kier molecular flexibility index (Phi) is 4.09. The number of rotatable bonds is 5. The van der Waals surface area contributed by atoms with Crippen LogP contribution in [0, 0.1) is 0 Å². The third kappa shape index (κ3) is 3.08. The van der Waals surface area contributed by atoms with Crippen LogP contribution in [0.2, 0.25) is 0 Å². The van der Waals surface area contributed by atoms with E-state index in [1.165, 1.54) is 0 Å². The quantitative estimate of drug-likeness (QED) is 0.520. The van der Waals surface area contributed by atoms with Crippen LogP contribution >= 0.6 is 0 Å². The number of imidazole rings is 1. The van der Waals surface area contributed by atoms with Crippen molar-refractivity contribution < 1.29 is 9.84 Å². The minimum atomic E-state index is -0.736. The second kappa shape index (κ2) is 6.19. The van der Waals surface area contributed by atoms with Crippen LogP contribution in [0.4, 0.5) is 5.95 Å². The monoisotopic (exact) mass is 314 g/mol. The summed E-state index contributed by atoms with van der Waals surface area (Å²) in [4.78, 5) is 16.0. The number of aromatic nitrogens is 4. The molecule has 120 valence electrons. The minimum absolute atomic E-state index is 0.320. The highest BCUT2D eigenvalue weighted by Crippen LogP contribution is 2.26. The number of nitrogens with zero attached hydrogens (tertiary/aromatic N) is 3. The van der Waals surface area contributed by atoms with Crippen LogP contribution in [0.25, 0.3) is 22.4 Å². The van der Waals surface area contributed by atoms with Crippen molar-refractivity contribution in [3.63, 3.8) is 0 Å². The highest BCUT2D eigenvalue weighted by atomic mass is 16.5. The number of methoxy groups -OCH3 is 1. The topological polar surface area (TPSA) is 122 Å². The standard InChI is InChI=1S/C15H18N6O2/c1-8(22)13(16)20-15-19-11(12-14(21-15)18-7-17-12)9-3-5-10(23-2)6-4-9/h3-8,13,22H,16H2,1-2H3,(H2,17,18,19,20,21). The number of anilines is 1. The zero-order valence-electron chi connectivity index (χ0n) is 12.8. The molecule has 1 aromatic carbocycles. The fourth-order valence-electron chi connectivity index (χ4n) is 2.12. The summed E-state index contributed by atoms with van der Waals surface area (Å²) in [5.41, 5.74) is 8.60. The third-order valence-corrected chi connectivity index (χ3v) is 3.46. The zero-order valence-corrected chi connectivity index (χ0v) is 12.8. The molecule has 23 heavy (non-hydrogen) atoms. The Morgan fingerprint density at radius 1 is 1.26 bits per heavy atom. The van der Waals surface area contributed by atoms with E-state index in [9.17, 15) is 5.11 Å². The number of H-pyrrole nitrogens is 1. The third-order valence-electron chi connectivity index (χ3n) is 3.46. The van der Waals surface area contributed by atoms with Gasteiger partial charge in [0.15, 0.2) is 5.65 Å². The van der Waals surface area contributed by atoms with E-state index < -0.39 is 12.3 Å². The number of aliphatic hydroxyl groups is 1. The van der Waals surface area contributed by atoms with E-state index in [4.69, 9.17) is 10.5 Å². The summed E-state index contributed by atoms with van der Waals surface area (Å²) in [6, 6.07) is 7.50. The maximum Gasteiger partial charge on any atom is 0.226 e. The van der Waals surface area contributed by atoms with Gasteiger partial charge in [0.1, 0.15) is 23.1 Å². The molecule has 3 rings (SSSR count). The van der Waals surface area contributed by atoms with Crippen LogP contribution in [0.1, 0.15) is 6.92 Å². The highest BCUT2D eigenvalue weighted by Gasteiger charge is 2.15. The van der Waals surface area contributed by atoms with Crippen molar-refractivity contribution in [2.75, 3.05) is 12.4 Å². The summed E-state index contributed by atoms with van der Waals surface area (Å²) in [7, 11) is 1.62. The fourth-order valence-corrected chi connectivity index (χ4v) is 2.12. The molecular formula is C15H18N6O2. The number of hydrogen-bond donors (Lipinski definition) is 4. The lowest BCUT2D eigenvalue weighted by Gasteiger charge is -2.16. The average Bonchev–Trinajstić information content (AvgIpc) is 3.02. The largest absolute Gasteiger partial charge is 0.497 e. The fraction of sp³-hybridized carbons (Fsp3) is 0.267. The summed E-state index contributed by atoms with van der Waals surface area (Å²) in [5, 5.41) is 12.4. The molecule has 5 N–H and O–H groups in total. The van der Waals surface area contributed by atoms with Gasteiger partial charge in [-0.2, -0.15) is 4.98 Å². The highest BCUT2D eigenvalue weighted by molar-refractivity contribution is 5.88. The van der Waals surface area contributed by atoms with Crippen LogP contribution in [-0.2, 0) is 0 Å². The second-order valence-corrected chi connectivity index (χ2v) is 5.13. The first-order valence-corrected chi connectivity index (χ1v) is 7.14. The Labute approximate surface area is 132 Å². The minimum Gasteiger partial charge on any atom is -0.497 e. The first kappa shape index (κ1) is 15.2. The maximum absolute atomic E-state index is 9.52. The molecule has 2 unspecified atom stereocenters. The molecule has 0 fully saturated rings. The van der Waals surface area contributed by atoms with Gasteiger partial charge in [0.25, 0.3) is 0 Å². The van der Waals surface area contributed by atoms with Crippen LogP contribution in [0.15, 0.2) is 30.6 Å². The summed E-state index contributed by atoms with van der Waals surface area (Å²) in [6.07, 6.45) is 0.157. The van der Waals surface area contributed by atoms with E-state index in [-0.39, 0.29) is 0 Å². The molecule has 0 spiro atoms. The van der Waals surface area contributed by atoms with Gasteiger partial charge in [0.05, 0.1) is 19.5 Å². The Balaban J connectivity index is 2.05. The molecule has 8 heteroatoms. The van der Waals surface area contributed by atoms with Crippen molar-refractivity contribution in [1.29, 1.82) is 0 Å². The van der Waals surface area contributed by atoms with E-state index in [1.807, 2.05) is 24.3 Å². The number of nitrogens with one attached hydrogen (secondary N) is 2. The average molecular weight is 314 g/mol. The van der Waals surface area contributed by atoms with E-state index >= 15 is 0 Å². The Morgan fingerprint density at radius 2 is 2.00 bits per heavy atom. The van der Waals surface area contributed by atoms with Crippen LogP contribution in [0.5, 0.6) is 5.75 Å².